The molecule has 0 radical (unpaired) electrons. The van der Waals surface area contributed by atoms with Gasteiger partial charge < -0.3 is 10.2 Å². The van der Waals surface area contributed by atoms with E-state index in [2.05, 4.69) is 13.8 Å². The summed E-state index contributed by atoms with van der Waals surface area (Å²) in [6.45, 7) is 10.4. The van der Waals surface area contributed by atoms with Crippen molar-refractivity contribution in [2.45, 2.75) is 66.1 Å². The van der Waals surface area contributed by atoms with Crippen LogP contribution < -0.4 is 0 Å². The zero-order valence-corrected chi connectivity index (χ0v) is 11.4. The third-order valence-electron chi connectivity index (χ3n) is 3.91. The summed E-state index contributed by atoms with van der Waals surface area (Å²) in [5, 5.41) is 20.4. The number of hydrogen-bond acceptors (Lipinski definition) is 2. The molecule has 0 bridgehead atoms. The van der Waals surface area contributed by atoms with E-state index in [0.29, 0.717) is 11.8 Å². The summed E-state index contributed by atoms with van der Waals surface area (Å²) < 4.78 is 0. The van der Waals surface area contributed by atoms with Crippen molar-refractivity contribution in [3.63, 3.8) is 0 Å². The molecule has 2 N–H and O–H groups in total. The van der Waals surface area contributed by atoms with Gasteiger partial charge in [-0.15, -0.1) is 0 Å². The molecule has 1 aliphatic rings. The fraction of sp³-hybridized carbons (Fsp3) is 1.00. The molecule has 0 aromatic carbocycles. The predicted octanol–water partition coefficient (Wildman–Crippen LogP) is 2.83. The molecular formula is C14H28O2. The van der Waals surface area contributed by atoms with E-state index in [1.54, 1.807) is 0 Å². The van der Waals surface area contributed by atoms with Gasteiger partial charge in [0.1, 0.15) is 0 Å². The molecule has 0 aliphatic heterocycles. The fourth-order valence-electron chi connectivity index (χ4n) is 3.06. The van der Waals surface area contributed by atoms with Crippen molar-refractivity contribution < 1.29 is 10.2 Å². The first-order valence-electron chi connectivity index (χ1n) is 6.58. The van der Waals surface area contributed by atoms with Crippen molar-refractivity contribution in [2.75, 3.05) is 0 Å². The number of aliphatic hydroxyl groups excluding tert-OH is 2. The Kier molecular flexibility index (Phi) is 4.42. The minimum atomic E-state index is -0.616. The Balaban J connectivity index is 2.62. The van der Waals surface area contributed by atoms with Crippen LogP contribution in [-0.4, -0.2) is 22.4 Å². The van der Waals surface area contributed by atoms with Gasteiger partial charge in [0.2, 0.25) is 0 Å². The Bertz CT molecular complexity index is 209. The van der Waals surface area contributed by atoms with Crippen LogP contribution in [-0.2, 0) is 0 Å². The number of rotatable bonds is 2. The van der Waals surface area contributed by atoms with Gasteiger partial charge in [0.25, 0.3) is 0 Å². The molecule has 16 heavy (non-hydrogen) atoms. The molecule has 0 saturated heterocycles. The van der Waals surface area contributed by atoms with Gasteiger partial charge in [-0.3, -0.25) is 0 Å². The average Bonchev–Trinajstić information content (AvgIpc) is 2.12. The summed E-state index contributed by atoms with van der Waals surface area (Å²) in [4.78, 5) is 0. The molecular weight excluding hydrogens is 200 g/mol. The second kappa shape index (κ2) is 5.05. The summed E-state index contributed by atoms with van der Waals surface area (Å²) in [5.74, 6) is 1.62. The Morgan fingerprint density at radius 3 is 1.75 bits per heavy atom. The van der Waals surface area contributed by atoms with Gasteiger partial charge in [-0.1, -0.05) is 34.6 Å². The number of hydrogen-bond donors (Lipinski definition) is 2. The second-order valence-electron chi connectivity index (χ2n) is 6.98. The van der Waals surface area contributed by atoms with E-state index in [9.17, 15) is 10.2 Å². The van der Waals surface area contributed by atoms with Crippen LogP contribution in [0.25, 0.3) is 0 Å². The molecule has 0 aromatic heterocycles. The summed E-state index contributed by atoms with van der Waals surface area (Å²) in [5.41, 5.74) is -0.233. The first kappa shape index (κ1) is 14.0. The van der Waals surface area contributed by atoms with E-state index in [1.807, 2.05) is 20.8 Å². The van der Waals surface area contributed by atoms with Crippen LogP contribution in [0.2, 0.25) is 0 Å². The van der Waals surface area contributed by atoms with E-state index in [0.717, 1.165) is 12.8 Å². The maximum Gasteiger partial charge on any atom is 0.0849 e. The normalized spacial score (nSPS) is 35.8. The Morgan fingerprint density at radius 1 is 0.938 bits per heavy atom. The minimum absolute atomic E-state index is 0.233. The maximum atomic E-state index is 10.3. The largest absolute Gasteiger partial charge is 0.390 e. The van der Waals surface area contributed by atoms with Crippen LogP contribution in [0.3, 0.4) is 0 Å². The molecule has 1 saturated carbocycles. The van der Waals surface area contributed by atoms with Crippen LogP contribution in [0, 0.1) is 23.2 Å². The van der Waals surface area contributed by atoms with Crippen molar-refractivity contribution in [1.29, 1.82) is 0 Å². The molecule has 1 rings (SSSR count). The zero-order valence-electron chi connectivity index (χ0n) is 11.4. The van der Waals surface area contributed by atoms with Gasteiger partial charge >= 0.3 is 0 Å². The first-order chi connectivity index (χ1) is 7.21. The lowest BCUT2D eigenvalue weighted by Crippen LogP contribution is -2.44. The lowest BCUT2D eigenvalue weighted by Gasteiger charge is -2.39. The quantitative estimate of drug-likeness (QED) is 0.763. The van der Waals surface area contributed by atoms with Gasteiger partial charge in [0.05, 0.1) is 12.2 Å². The third kappa shape index (κ3) is 3.46. The topological polar surface area (TPSA) is 40.5 Å². The lowest BCUT2D eigenvalue weighted by atomic mass is 9.71. The van der Waals surface area contributed by atoms with Crippen LogP contribution >= 0.6 is 0 Å². The van der Waals surface area contributed by atoms with E-state index in [-0.39, 0.29) is 11.3 Å². The van der Waals surface area contributed by atoms with E-state index in [1.165, 1.54) is 6.42 Å². The van der Waals surface area contributed by atoms with Crippen molar-refractivity contribution in [2.24, 2.45) is 23.2 Å². The Hall–Kier alpha value is -0.0800. The summed E-state index contributed by atoms with van der Waals surface area (Å²) in [6, 6.07) is 0. The molecule has 2 heteroatoms. The molecule has 0 amide bonds. The van der Waals surface area contributed by atoms with Gasteiger partial charge in [-0.25, -0.2) is 0 Å². The van der Waals surface area contributed by atoms with Gasteiger partial charge in [-0.2, -0.15) is 0 Å². The van der Waals surface area contributed by atoms with Crippen LogP contribution in [0.15, 0.2) is 0 Å². The molecule has 1 aliphatic carbocycles. The molecule has 4 unspecified atom stereocenters. The summed E-state index contributed by atoms with van der Waals surface area (Å²) in [7, 11) is 0. The molecule has 0 spiro atoms. The molecule has 96 valence electrons. The van der Waals surface area contributed by atoms with Crippen molar-refractivity contribution in [1.82, 2.24) is 0 Å². The van der Waals surface area contributed by atoms with Crippen LogP contribution in [0.5, 0.6) is 0 Å². The summed E-state index contributed by atoms with van der Waals surface area (Å²) in [6.07, 6.45) is 2.19. The predicted molar refractivity (Wildman–Crippen MR) is 67.1 cm³/mol. The Morgan fingerprint density at radius 2 is 1.38 bits per heavy atom. The molecule has 0 aromatic rings. The van der Waals surface area contributed by atoms with Gasteiger partial charge in [0, 0.05) is 0 Å². The standard InChI is InChI=1S/C14H28O2/c1-9-6-10(2)8-11(7-9)12(15)13(16)14(3,4)5/h9-13,15-16H,6-8H2,1-5H3. The van der Waals surface area contributed by atoms with E-state index < -0.39 is 12.2 Å². The van der Waals surface area contributed by atoms with E-state index in [4.69, 9.17) is 0 Å². The van der Waals surface area contributed by atoms with Crippen LogP contribution in [0.4, 0.5) is 0 Å². The monoisotopic (exact) mass is 228 g/mol. The number of aliphatic hydroxyl groups is 2. The Labute approximate surface area is 100 Å². The highest BCUT2D eigenvalue weighted by molar-refractivity contribution is 4.87. The van der Waals surface area contributed by atoms with Crippen LogP contribution in [0.1, 0.15) is 53.9 Å². The smallest absolute Gasteiger partial charge is 0.0849 e. The second-order valence-corrected chi connectivity index (χ2v) is 6.98. The first-order valence-corrected chi connectivity index (χ1v) is 6.58. The van der Waals surface area contributed by atoms with Crippen molar-refractivity contribution in [3.05, 3.63) is 0 Å². The molecule has 2 nitrogen and oxygen atoms in total. The average molecular weight is 228 g/mol. The zero-order chi connectivity index (χ0) is 12.5. The van der Waals surface area contributed by atoms with Crippen molar-refractivity contribution in [3.8, 4) is 0 Å². The van der Waals surface area contributed by atoms with E-state index >= 15 is 0 Å². The molecule has 1 fully saturated rings. The van der Waals surface area contributed by atoms with Gasteiger partial charge in [0.15, 0.2) is 0 Å². The third-order valence-corrected chi connectivity index (χ3v) is 3.91. The van der Waals surface area contributed by atoms with Crippen molar-refractivity contribution >= 4 is 0 Å². The SMILES string of the molecule is CC1CC(C)CC(C(O)C(O)C(C)(C)C)C1. The highest BCUT2D eigenvalue weighted by Crippen LogP contribution is 2.37. The van der Waals surface area contributed by atoms with Gasteiger partial charge in [-0.05, 0) is 42.4 Å². The minimum Gasteiger partial charge on any atom is -0.390 e. The highest BCUT2D eigenvalue weighted by Gasteiger charge is 2.37. The molecule has 0 heterocycles. The molecule has 4 atom stereocenters. The summed E-state index contributed by atoms with van der Waals surface area (Å²) >= 11 is 0. The lowest BCUT2D eigenvalue weighted by molar-refractivity contribution is -0.0841. The fourth-order valence-corrected chi connectivity index (χ4v) is 3.06. The highest BCUT2D eigenvalue weighted by atomic mass is 16.3. The maximum absolute atomic E-state index is 10.3.